The van der Waals surface area contributed by atoms with Crippen molar-refractivity contribution in [2.45, 2.75) is 12.0 Å². The fraction of sp³-hybridized carbons (Fsp3) is 0.200. The lowest BCUT2D eigenvalue weighted by atomic mass is 9.89. The van der Waals surface area contributed by atoms with Crippen molar-refractivity contribution >= 4 is 11.6 Å². The second-order valence-corrected chi connectivity index (χ2v) is 4.89. The van der Waals surface area contributed by atoms with Crippen LogP contribution in [0.1, 0.15) is 23.1 Å². The molecule has 0 saturated heterocycles. The highest BCUT2D eigenvalue weighted by Gasteiger charge is 2.25. The van der Waals surface area contributed by atoms with Gasteiger partial charge in [-0.1, -0.05) is 35.9 Å². The molecule has 0 fully saturated rings. The van der Waals surface area contributed by atoms with E-state index in [2.05, 4.69) is 0 Å². The van der Waals surface area contributed by atoms with Crippen LogP contribution < -0.4 is 5.73 Å². The SMILES string of the molecule is NCC(c1cccc(Cl)c1F)C(O)c1cccc(F)c1. The molecule has 0 radical (unpaired) electrons. The zero-order valence-corrected chi connectivity index (χ0v) is 11.3. The zero-order valence-electron chi connectivity index (χ0n) is 10.6. The van der Waals surface area contributed by atoms with Crippen LogP contribution in [-0.4, -0.2) is 11.7 Å². The van der Waals surface area contributed by atoms with Crippen molar-refractivity contribution in [3.05, 3.63) is 70.2 Å². The van der Waals surface area contributed by atoms with Crippen molar-refractivity contribution in [1.82, 2.24) is 0 Å². The highest BCUT2D eigenvalue weighted by atomic mass is 35.5. The molecule has 106 valence electrons. The number of nitrogens with two attached hydrogens (primary N) is 1. The van der Waals surface area contributed by atoms with Crippen molar-refractivity contribution in [3.63, 3.8) is 0 Å². The average Bonchev–Trinajstić information content (AvgIpc) is 2.44. The average molecular weight is 298 g/mol. The van der Waals surface area contributed by atoms with Gasteiger partial charge in [0.1, 0.15) is 11.6 Å². The lowest BCUT2D eigenvalue weighted by Crippen LogP contribution is -2.21. The quantitative estimate of drug-likeness (QED) is 0.908. The van der Waals surface area contributed by atoms with Gasteiger partial charge >= 0.3 is 0 Å². The summed E-state index contributed by atoms with van der Waals surface area (Å²) in [5.41, 5.74) is 6.20. The van der Waals surface area contributed by atoms with Gasteiger partial charge in [-0.15, -0.1) is 0 Å². The highest BCUT2D eigenvalue weighted by molar-refractivity contribution is 6.30. The van der Waals surface area contributed by atoms with Gasteiger partial charge in [0, 0.05) is 12.5 Å². The van der Waals surface area contributed by atoms with Crippen LogP contribution in [0.2, 0.25) is 5.02 Å². The summed E-state index contributed by atoms with van der Waals surface area (Å²) in [4.78, 5) is 0. The number of halogens is 3. The largest absolute Gasteiger partial charge is 0.388 e. The number of hydrogen-bond acceptors (Lipinski definition) is 2. The van der Waals surface area contributed by atoms with E-state index in [4.69, 9.17) is 17.3 Å². The molecule has 0 spiro atoms. The van der Waals surface area contributed by atoms with Crippen LogP contribution in [0.25, 0.3) is 0 Å². The molecule has 0 saturated carbocycles. The van der Waals surface area contributed by atoms with E-state index < -0.39 is 23.7 Å². The Morgan fingerprint density at radius 3 is 2.50 bits per heavy atom. The highest BCUT2D eigenvalue weighted by Crippen LogP contribution is 2.33. The molecule has 0 aromatic heterocycles. The summed E-state index contributed by atoms with van der Waals surface area (Å²) in [5.74, 6) is -1.78. The van der Waals surface area contributed by atoms with Crippen molar-refractivity contribution in [2.75, 3.05) is 6.54 Å². The van der Waals surface area contributed by atoms with Gasteiger partial charge in [-0.25, -0.2) is 8.78 Å². The molecule has 2 aromatic carbocycles. The fourth-order valence-electron chi connectivity index (χ4n) is 2.16. The van der Waals surface area contributed by atoms with E-state index in [-0.39, 0.29) is 17.1 Å². The zero-order chi connectivity index (χ0) is 14.7. The third-order valence-corrected chi connectivity index (χ3v) is 3.50. The van der Waals surface area contributed by atoms with E-state index in [1.807, 2.05) is 0 Å². The Morgan fingerprint density at radius 1 is 1.15 bits per heavy atom. The molecule has 0 bridgehead atoms. The Kier molecular flexibility index (Phi) is 4.70. The first-order valence-electron chi connectivity index (χ1n) is 6.12. The molecule has 20 heavy (non-hydrogen) atoms. The predicted octanol–water partition coefficient (Wildman–Crippen LogP) is 3.39. The summed E-state index contributed by atoms with van der Waals surface area (Å²) in [6, 6.07) is 10.0. The Bertz CT molecular complexity index is 606. The van der Waals surface area contributed by atoms with Gasteiger partial charge in [0.15, 0.2) is 0 Å². The third kappa shape index (κ3) is 2.98. The van der Waals surface area contributed by atoms with Crippen LogP contribution in [0.4, 0.5) is 8.78 Å². The van der Waals surface area contributed by atoms with Gasteiger partial charge in [0.2, 0.25) is 0 Å². The standard InChI is InChI=1S/C15H14ClF2NO/c16-13-6-2-5-11(14(13)18)12(8-19)15(20)9-3-1-4-10(17)7-9/h1-7,12,15,20H,8,19H2. The first kappa shape index (κ1) is 14.9. The van der Waals surface area contributed by atoms with E-state index in [1.54, 1.807) is 12.1 Å². The fourth-order valence-corrected chi connectivity index (χ4v) is 2.34. The molecule has 3 N–H and O–H groups in total. The smallest absolute Gasteiger partial charge is 0.145 e. The molecule has 5 heteroatoms. The first-order chi connectivity index (χ1) is 9.54. The van der Waals surface area contributed by atoms with E-state index >= 15 is 0 Å². The lowest BCUT2D eigenvalue weighted by Gasteiger charge is -2.23. The molecule has 2 nitrogen and oxygen atoms in total. The number of hydrogen-bond donors (Lipinski definition) is 2. The van der Waals surface area contributed by atoms with Gasteiger partial charge < -0.3 is 10.8 Å². The van der Waals surface area contributed by atoms with E-state index in [0.29, 0.717) is 5.56 Å². The summed E-state index contributed by atoms with van der Waals surface area (Å²) < 4.78 is 27.2. The predicted molar refractivity (Wildman–Crippen MR) is 74.6 cm³/mol. The monoisotopic (exact) mass is 297 g/mol. The van der Waals surface area contributed by atoms with Crippen LogP contribution in [-0.2, 0) is 0 Å². The molecule has 0 aliphatic heterocycles. The van der Waals surface area contributed by atoms with Gasteiger partial charge in [0.25, 0.3) is 0 Å². The van der Waals surface area contributed by atoms with Crippen molar-refractivity contribution < 1.29 is 13.9 Å². The molecule has 2 unspecified atom stereocenters. The Labute approximate surface area is 120 Å². The molecule has 0 amide bonds. The number of aliphatic hydroxyl groups is 1. The van der Waals surface area contributed by atoms with E-state index in [9.17, 15) is 13.9 Å². The summed E-state index contributed by atoms with van der Waals surface area (Å²) in [6.07, 6.45) is -1.11. The second-order valence-electron chi connectivity index (χ2n) is 4.49. The first-order valence-corrected chi connectivity index (χ1v) is 6.50. The maximum Gasteiger partial charge on any atom is 0.145 e. The molecule has 0 aliphatic rings. The summed E-state index contributed by atoms with van der Waals surface area (Å²) >= 11 is 5.73. The number of aliphatic hydroxyl groups excluding tert-OH is 1. The minimum Gasteiger partial charge on any atom is -0.388 e. The van der Waals surface area contributed by atoms with E-state index in [0.717, 1.165) is 0 Å². The van der Waals surface area contributed by atoms with Crippen LogP contribution in [0.15, 0.2) is 42.5 Å². The van der Waals surface area contributed by atoms with Gasteiger partial charge in [0.05, 0.1) is 11.1 Å². The normalized spacial score (nSPS) is 14.1. The summed E-state index contributed by atoms with van der Waals surface area (Å²) in [6.45, 7) is 0.00887. The summed E-state index contributed by atoms with van der Waals surface area (Å²) in [7, 11) is 0. The van der Waals surface area contributed by atoms with Gasteiger partial charge in [-0.3, -0.25) is 0 Å². The molecule has 2 rings (SSSR count). The molecular formula is C15H14ClF2NO. The van der Waals surface area contributed by atoms with Crippen molar-refractivity contribution in [1.29, 1.82) is 0 Å². The maximum absolute atomic E-state index is 14.0. The van der Waals surface area contributed by atoms with Crippen LogP contribution in [0.5, 0.6) is 0 Å². The molecular weight excluding hydrogens is 284 g/mol. The molecule has 0 aliphatic carbocycles. The van der Waals surface area contributed by atoms with Gasteiger partial charge in [-0.2, -0.15) is 0 Å². The minimum atomic E-state index is -1.11. The van der Waals surface area contributed by atoms with Crippen LogP contribution in [0.3, 0.4) is 0 Å². The van der Waals surface area contributed by atoms with Crippen LogP contribution >= 0.6 is 11.6 Å². The Morgan fingerprint density at radius 2 is 1.85 bits per heavy atom. The van der Waals surface area contributed by atoms with Crippen LogP contribution in [0, 0.1) is 11.6 Å². The molecule has 2 atom stereocenters. The van der Waals surface area contributed by atoms with E-state index in [1.165, 1.54) is 30.3 Å². The Hall–Kier alpha value is -1.49. The summed E-state index contributed by atoms with van der Waals surface area (Å²) in [5, 5.41) is 10.3. The molecule has 2 aromatic rings. The minimum absolute atomic E-state index is 0.00887. The van der Waals surface area contributed by atoms with Crippen molar-refractivity contribution in [2.24, 2.45) is 5.73 Å². The Balaban J connectivity index is 2.39. The number of rotatable bonds is 4. The molecule has 0 heterocycles. The number of benzene rings is 2. The lowest BCUT2D eigenvalue weighted by molar-refractivity contribution is 0.145. The second kappa shape index (κ2) is 6.31. The maximum atomic E-state index is 14.0. The van der Waals surface area contributed by atoms with Crippen molar-refractivity contribution in [3.8, 4) is 0 Å². The van der Waals surface area contributed by atoms with Gasteiger partial charge in [-0.05, 0) is 29.3 Å². The third-order valence-electron chi connectivity index (χ3n) is 3.21. The topological polar surface area (TPSA) is 46.2 Å².